The van der Waals surface area contributed by atoms with Crippen LogP contribution in [0.3, 0.4) is 0 Å². The second-order valence-electron chi connectivity index (χ2n) is 5.34. The number of nitrogens with zero attached hydrogens (tertiary/aromatic N) is 1. The van der Waals surface area contributed by atoms with Gasteiger partial charge in [-0.05, 0) is 42.5 Å². The molecule has 0 aliphatic carbocycles. The van der Waals surface area contributed by atoms with Crippen LogP contribution < -0.4 is 10.7 Å². The smallest absolute Gasteiger partial charge is 0.259 e. The van der Waals surface area contributed by atoms with E-state index in [1.165, 1.54) is 6.21 Å². The van der Waals surface area contributed by atoms with Crippen molar-refractivity contribution in [2.45, 2.75) is 0 Å². The molecule has 3 rings (SSSR count). The Bertz CT molecular complexity index is 924. The molecule has 2 N–H and O–H groups in total. The van der Waals surface area contributed by atoms with Crippen LogP contribution in [-0.4, -0.2) is 18.7 Å². The van der Waals surface area contributed by atoms with Gasteiger partial charge in [0.1, 0.15) is 11.5 Å². The Hall–Kier alpha value is -2.76. The van der Waals surface area contributed by atoms with Crippen LogP contribution in [0.15, 0.2) is 70.2 Å². The summed E-state index contributed by atoms with van der Waals surface area (Å²) in [5, 5.41) is 7.98. The maximum Gasteiger partial charge on any atom is 0.259 e. The minimum absolute atomic E-state index is 0.114. The Morgan fingerprint density at radius 1 is 1.08 bits per heavy atom. The molecule has 7 heteroatoms. The van der Waals surface area contributed by atoms with Gasteiger partial charge in [0.15, 0.2) is 0 Å². The highest BCUT2D eigenvalue weighted by molar-refractivity contribution is 6.35. The predicted octanol–water partition coefficient (Wildman–Crippen LogP) is 4.82. The molecule has 0 bridgehead atoms. The molecule has 3 aromatic rings. The first-order valence-electron chi connectivity index (χ1n) is 7.78. The molecule has 0 aliphatic heterocycles. The van der Waals surface area contributed by atoms with Gasteiger partial charge < -0.3 is 9.73 Å². The molecule has 0 atom stereocenters. The number of halogens is 2. The van der Waals surface area contributed by atoms with Crippen LogP contribution in [0.5, 0.6) is 0 Å². The number of hydrazone groups is 1. The fourth-order valence-electron chi connectivity index (χ4n) is 2.20. The summed E-state index contributed by atoms with van der Waals surface area (Å²) in [7, 11) is 0. The third kappa shape index (κ3) is 4.88. The Morgan fingerprint density at radius 2 is 1.88 bits per heavy atom. The highest BCUT2D eigenvalue weighted by Crippen LogP contribution is 2.31. The molecule has 0 aliphatic rings. The molecule has 132 valence electrons. The first kappa shape index (κ1) is 18.0. The number of nitrogens with one attached hydrogen (secondary N) is 2. The second-order valence-corrected chi connectivity index (χ2v) is 6.18. The monoisotopic (exact) mass is 387 g/mol. The van der Waals surface area contributed by atoms with Crippen LogP contribution in [0.4, 0.5) is 5.69 Å². The number of rotatable bonds is 6. The van der Waals surface area contributed by atoms with E-state index in [4.69, 9.17) is 27.6 Å². The lowest BCUT2D eigenvalue weighted by Crippen LogP contribution is -2.25. The lowest BCUT2D eigenvalue weighted by Gasteiger charge is -2.04. The zero-order valence-corrected chi connectivity index (χ0v) is 15.1. The highest BCUT2D eigenvalue weighted by atomic mass is 35.5. The minimum Gasteiger partial charge on any atom is -0.455 e. The van der Waals surface area contributed by atoms with Crippen molar-refractivity contribution in [1.29, 1.82) is 0 Å². The van der Waals surface area contributed by atoms with Crippen molar-refractivity contribution < 1.29 is 9.21 Å². The largest absolute Gasteiger partial charge is 0.455 e. The average Bonchev–Trinajstić information content (AvgIpc) is 3.11. The Labute approximate surface area is 160 Å². The van der Waals surface area contributed by atoms with Crippen LogP contribution in [0.1, 0.15) is 5.76 Å². The fourth-order valence-corrected chi connectivity index (χ4v) is 2.58. The third-order valence-corrected chi connectivity index (χ3v) is 3.99. The van der Waals surface area contributed by atoms with E-state index in [0.29, 0.717) is 27.1 Å². The van der Waals surface area contributed by atoms with Gasteiger partial charge in [0.2, 0.25) is 0 Å². The van der Waals surface area contributed by atoms with E-state index in [0.717, 1.165) is 5.69 Å². The zero-order valence-electron chi connectivity index (χ0n) is 13.6. The lowest BCUT2D eigenvalue weighted by atomic mass is 10.2. The van der Waals surface area contributed by atoms with Gasteiger partial charge in [0.25, 0.3) is 5.91 Å². The first-order valence-corrected chi connectivity index (χ1v) is 8.53. The van der Waals surface area contributed by atoms with Crippen LogP contribution in [-0.2, 0) is 4.79 Å². The standard InChI is InChI=1S/C19H15Cl2N3O2/c20-13-6-8-17(21)16(10-13)18-9-7-15(26-18)11-23-24-19(25)12-22-14-4-2-1-3-5-14/h1-11,22H,12H2,(H,24,25)/b23-11+. The SMILES string of the molecule is O=C(CNc1ccccc1)N/N=C/c1ccc(-c2cc(Cl)ccc2Cl)o1. The number of furan rings is 1. The number of hydrogen-bond donors (Lipinski definition) is 2. The number of benzene rings is 2. The molecule has 0 unspecified atom stereocenters. The maximum atomic E-state index is 11.8. The van der Waals surface area contributed by atoms with Gasteiger partial charge in [-0.3, -0.25) is 4.79 Å². The quantitative estimate of drug-likeness (QED) is 0.470. The molecule has 0 radical (unpaired) electrons. The van der Waals surface area contributed by atoms with Gasteiger partial charge >= 0.3 is 0 Å². The molecule has 0 spiro atoms. The van der Waals surface area contributed by atoms with Crippen molar-refractivity contribution in [3.05, 3.63) is 76.5 Å². The van der Waals surface area contributed by atoms with E-state index in [1.54, 1.807) is 30.3 Å². The number of hydrogen-bond acceptors (Lipinski definition) is 4. The number of anilines is 1. The summed E-state index contributed by atoms with van der Waals surface area (Å²) in [6.07, 6.45) is 1.42. The van der Waals surface area contributed by atoms with Gasteiger partial charge in [-0.1, -0.05) is 41.4 Å². The molecule has 26 heavy (non-hydrogen) atoms. The van der Waals surface area contributed by atoms with Gasteiger partial charge in [-0.25, -0.2) is 5.43 Å². The summed E-state index contributed by atoms with van der Waals surface area (Å²) in [5.41, 5.74) is 3.98. The van der Waals surface area contributed by atoms with E-state index >= 15 is 0 Å². The molecule has 0 fully saturated rings. The summed E-state index contributed by atoms with van der Waals surface area (Å²) in [6.45, 7) is 0.114. The zero-order chi connectivity index (χ0) is 18.4. The van der Waals surface area contributed by atoms with Crippen molar-refractivity contribution >= 4 is 41.0 Å². The molecule has 2 aromatic carbocycles. The van der Waals surface area contributed by atoms with E-state index in [9.17, 15) is 4.79 Å². The van der Waals surface area contributed by atoms with Crippen LogP contribution in [0, 0.1) is 0 Å². The molecular formula is C19H15Cl2N3O2. The summed E-state index contributed by atoms with van der Waals surface area (Å²) in [4.78, 5) is 11.8. The Morgan fingerprint density at radius 3 is 2.69 bits per heavy atom. The summed E-state index contributed by atoms with van der Waals surface area (Å²) in [5.74, 6) is 0.776. The fraction of sp³-hybridized carbons (Fsp3) is 0.0526. The highest BCUT2D eigenvalue weighted by Gasteiger charge is 2.09. The van der Waals surface area contributed by atoms with E-state index < -0.39 is 0 Å². The molecule has 0 saturated carbocycles. The number of para-hydroxylation sites is 1. The number of amides is 1. The maximum absolute atomic E-state index is 11.8. The van der Waals surface area contributed by atoms with E-state index in [-0.39, 0.29) is 12.5 Å². The third-order valence-electron chi connectivity index (χ3n) is 3.43. The predicted molar refractivity (Wildman–Crippen MR) is 105 cm³/mol. The normalized spacial score (nSPS) is 10.8. The van der Waals surface area contributed by atoms with Crippen molar-refractivity contribution in [2.75, 3.05) is 11.9 Å². The second kappa shape index (κ2) is 8.56. The van der Waals surface area contributed by atoms with Gasteiger partial charge in [-0.15, -0.1) is 0 Å². The Kier molecular flexibility index (Phi) is 5.94. The first-order chi connectivity index (χ1) is 12.6. The van der Waals surface area contributed by atoms with Gasteiger partial charge in [0, 0.05) is 16.3 Å². The molecule has 1 aromatic heterocycles. The van der Waals surface area contributed by atoms with Crippen LogP contribution >= 0.6 is 23.2 Å². The van der Waals surface area contributed by atoms with Gasteiger partial charge in [0.05, 0.1) is 17.8 Å². The Balaban J connectivity index is 1.55. The van der Waals surface area contributed by atoms with Crippen molar-refractivity contribution in [2.24, 2.45) is 5.10 Å². The molecular weight excluding hydrogens is 373 g/mol. The van der Waals surface area contributed by atoms with Crippen LogP contribution in [0.2, 0.25) is 10.0 Å². The lowest BCUT2D eigenvalue weighted by molar-refractivity contribution is -0.119. The molecule has 1 amide bonds. The molecule has 5 nitrogen and oxygen atoms in total. The van der Waals surface area contributed by atoms with Crippen molar-refractivity contribution in [3.8, 4) is 11.3 Å². The van der Waals surface area contributed by atoms with E-state index in [1.807, 2.05) is 30.3 Å². The number of carbonyl (C=O) groups is 1. The van der Waals surface area contributed by atoms with E-state index in [2.05, 4.69) is 15.8 Å². The molecule has 0 saturated heterocycles. The summed E-state index contributed by atoms with van der Waals surface area (Å²) >= 11 is 12.1. The van der Waals surface area contributed by atoms with Crippen molar-refractivity contribution in [3.63, 3.8) is 0 Å². The topological polar surface area (TPSA) is 66.6 Å². The number of carbonyl (C=O) groups excluding carboxylic acids is 1. The van der Waals surface area contributed by atoms with Gasteiger partial charge in [-0.2, -0.15) is 5.10 Å². The van der Waals surface area contributed by atoms with Crippen LogP contribution in [0.25, 0.3) is 11.3 Å². The summed E-state index contributed by atoms with van der Waals surface area (Å²) in [6, 6.07) is 18.1. The molecule has 1 heterocycles. The van der Waals surface area contributed by atoms with Crippen molar-refractivity contribution in [1.82, 2.24) is 5.43 Å². The minimum atomic E-state index is -0.269. The summed E-state index contributed by atoms with van der Waals surface area (Å²) < 4.78 is 5.66. The average molecular weight is 388 g/mol.